The van der Waals surface area contributed by atoms with Crippen molar-refractivity contribution >= 4 is 17.6 Å². The maximum atomic E-state index is 11.2. The molecule has 2 aliphatic heterocycles. The molecule has 31 heavy (non-hydrogen) atoms. The minimum atomic E-state index is -0.563. The predicted octanol–water partition coefficient (Wildman–Crippen LogP) is 4.04. The van der Waals surface area contributed by atoms with Crippen LogP contribution in [-0.4, -0.2) is 41.8 Å². The van der Waals surface area contributed by atoms with E-state index in [-0.39, 0.29) is 5.60 Å². The third-order valence-electron chi connectivity index (χ3n) is 6.09. The molecule has 2 N–H and O–H groups in total. The molecule has 1 spiro atoms. The highest BCUT2D eigenvalue weighted by molar-refractivity contribution is 5.91. The number of carbonyl (C=O) groups is 1. The van der Waals surface area contributed by atoms with Gasteiger partial charge in [-0.15, -0.1) is 0 Å². The van der Waals surface area contributed by atoms with Crippen LogP contribution in [0.4, 0.5) is 0 Å². The fraction of sp³-hybridized carbons (Fsp3) is 0.320. The van der Waals surface area contributed by atoms with Crippen molar-refractivity contribution in [2.45, 2.75) is 31.4 Å². The zero-order valence-electron chi connectivity index (χ0n) is 17.8. The van der Waals surface area contributed by atoms with Crippen LogP contribution in [0.1, 0.15) is 36.0 Å². The van der Waals surface area contributed by atoms with Gasteiger partial charge in [-0.05, 0) is 47.0 Å². The average Bonchev–Trinajstić information content (AvgIpc) is 2.79. The lowest BCUT2D eigenvalue weighted by atomic mass is 9.80. The molecule has 6 heteroatoms. The maximum absolute atomic E-state index is 11.2. The van der Waals surface area contributed by atoms with E-state index >= 15 is 0 Å². The molecule has 1 fully saturated rings. The summed E-state index contributed by atoms with van der Waals surface area (Å²) in [5.74, 6) is 1.18. The van der Waals surface area contributed by atoms with Crippen LogP contribution in [-0.2, 0) is 11.3 Å². The van der Waals surface area contributed by atoms with Crippen LogP contribution in [0.2, 0.25) is 0 Å². The van der Waals surface area contributed by atoms with E-state index < -0.39 is 5.91 Å². The van der Waals surface area contributed by atoms with Gasteiger partial charge in [0, 0.05) is 50.5 Å². The number of nitrogens with zero attached hydrogens (tertiary/aromatic N) is 1. The Morgan fingerprint density at radius 2 is 2.10 bits per heavy atom. The van der Waals surface area contributed by atoms with Gasteiger partial charge in [0.25, 0.3) is 5.91 Å². The van der Waals surface area contributed by atoms with Gasteiger partial charge in [-0.3, -0.25) is 14.9 Å². The number of benzene rings is 2. The Morgan fingerprint density at radius 1 is 1.29 bits per heavy atom. The Bertz CT molecular complexity index is 1010. The number of hydroxylamine groups is 1. The van der Waals surface area contributed by atoms with E-state index in [1.807, 2.05) is 30.3 Å². The highest BCUT2D eigenvalue weighted by atomic mass is 16.5. The summed E-state index contributed by atoms with van der Waals surface area (Å²) in [6.45, 7) is 7.16. The summed E-state index contributed by atoms with van der Waals surface area (Å²) in [4.78, 5) is 13.7. The first-order valence-corrected chi connectivity index (χ1v) is 10.5. The molecule has 1 amide bonds. The third-order valence-corrected chi connectivity index (χ3v) is 6.09. The lowest BCUT2D eigenvalue weighted by Gasteiger charge is -2.45. The van der Waals surface area contributed by atoms with Crippen LogP contribution < -0.4 is 15.0 Å². The van der Waals surface area contributed by atoms with Gasteiger partial charge < -0.3 is 9.47 Å². The first-order chi connectivity index (χ1) is 15.0. The number of hydrogen-bond donors (Lipinski definition) is 2. The topological polar surface area (TPSA) is 71.0 Å². The molecule has 2 aliphatic rings. The molecule has 0 atom stereocenters. The van der Waals surface area contributed by atoms with Gasteiger partial charge in [-0.25, -0.2) is 5.48 Å². The highest BCUT2D eigenvalue weighted by Gasteiger charge is 2.40. The van der Waals surface area contributed by atoms with Crippen LogP contribution in [0.15, 0.2) is 55.1 Å². The lowest BCUT2D eigenvalue weighted by Crippen LogP contribution is -2.49. The number of amides is 1. The first kappa shape index (κ1) is 21.2. The predicted molar refractivity (Wildman–Crippen MR) is 120 cm³/mol. The number of rotatable bonds is 5. The van der Waals surface area contributed by atoms with E-state index in [9.17, 15) is 4.79 Å². The Balaban J connectivity index is 1.41. The van der Waals surface area contributed by atoms with Crippen molar-refractivity contribution in [3.63, 3.8) is 0 Å². The van der Waals surface area contributed by atoms with Crippen LogP contribution in [0.3, 0.4) is 0 Å². The Morgan fingerprint density at radius 3 is 2.84 bits per heavy atom. The van der Waals surface area contributed by atoms with Gasteiger partial charge in [0.05, 0.1) is 7.11 Å². The monoisotopic (exact) mass is 420 g/mol. The number of nitrogens with one attached hydrogen (secondary N) is 1. The minimum absolute atomic E-state index is 0.205. The number of methoxy groups -OCH3 is 1. The van der Waals surface area contributed by atoms with Crippen LogP contribution in [0.5, 0.6) is 11.5 Å². The lowest BCUT2D eigenvalue weighted by molar-refractivity contribution is -0.124. The summed E-state index contributed by atoms with van der Waals surface area (Å²) in [7, 11) is 1.69. The van der Waals surface area contributed by atoms with Gasteiger partial charge in [-0.2, -0.15) is 0 Å². The Hall–Kier alpha value is -3.09. The number of piperidine rings is 1. The molecule has 6 nitrogen and oxygen atoms in total. The van der Waals surface area contributed by atoms with Gasteiger partial charge in [0.2, 0.25) is 0 Å². The zero-order valence-corrected chi connectivity index (χ0v) is 17.8. The van der Waals surface area contributed by atoms with Crippen molar-refractivity contribution in [1.29, 1.82) is 0 Å². The summed E-state index contributed by atoms with van der Waals surface area (Å²) in [6.07, 6.45) is 5.65. The first-order valence-electron chi connectivity index (χ1n) is 10.5. The van der Waals surface area contributed by atoms with Crippen molar-refractivity contribution in [3.05, 3.63) is 71.8 Å². The van der Waals surface area contributed by atoms with Crippen molar-refractivity contribution in [2.24, 2.45) is 0 Å². The van der Waals surface area contributed by atoms with E-state index in [4.69, 9.17) is 14.7 Å². The number of hydrogen-bond acceptors (Lipinski definition) is 5. The van der Waals surface area contributed by atoms with Gasteiger partial charge in [0.15, 0.2) is 0 Å². The molecule has 2 heterocycles. The second kappa shape index (κ2) is 8.96. The van der Waals surface area contributed by atoms with Crippen molar-refractivity contribution < 1.29 is 19.5 Å². The van der Waals surface area contributed by atoms with E-state index in [2.05, 4.69) is 23.6 Å². The minimum Gasteiger partial charge on any atom is -0.497 e. The van der Waals surface area contributed by atoms with E-state index in [1.165, 1.54) is 11.6 Å². The van der Waals surface area contributed by atoms with E-state index in [0.717, 1.165) is 67.1 Å². The maximum Gasteiger partial charge on any atom is 0.267 e. The van der Waals surface area contributed by atoms with Gasteiger partial charge >= 0.3 is 0 Å². The molecular weight excluding hydrogens is 392 g/mol. The number of ether oxygens (including phenoxy) is 2. The fourth-order valence-corrected chi connectivity index (χ4v) is 4.41. The molecule has 0 aliphatic carbocycles. The molecule has 0 bridgehead atoms. The third kappa shape index (κ3) is 4.81. The number of likely N-dealkylation sites (tertiary alicyclic amines) is 1. The smallest absolute Gasteiger partial charge is 0.267 e. The fourth-order valence-electron chi connectivity index (χ4n) is 4.41. The van der Waals surface area contributed by atoms with Gasteiger partial charge in [-0.1, -0.05) is 24.8 Å². The zero-order chi connectivity index (χ0) is 21.8. The molecule has 1 saturated heterocycles. The summed E-state index contributed by atoms with van der Waals surface area (Å²) in [5, 5.41) is 8.62. The summed E-state index contributed by atoms with van der Waals surface area (Å²) < 4.78 is 11.9. The standard InChI is InChI=1S/C25H28N2O4/c1-18-16-25(31-23-8-6-19(15-22(18)23)7-9-24(28)26-29)10-12-27(13-11-25)17-20-4-3-5-21(14-20)30-2/h3-9,14-15,29H,1,10-13,16-17H2,2H3,(H,26,28)/b9-7+. The highest BCUT2D eigenvalue weighted by Crippen LogP contribution is 2.44. The molecular formula is C25H28N2O4. The SMILES string of the molecule is C=C1CC2(CCN(Cc3cccc(OC)c3)CC2)Oc2ccc(/C=C/C(=O)NO)cc21. The van der Waals surface area contributed by atoms with Gasteiger partial charge in [0.1, 0.15) is 17.1 Å². The Kier molecular flexibility index (Phi) is 6.11. The molecule has 0 saturated carbocycles. The van der Waals surface area contributed by atoms with Crippen molar-refractivity contribution in [2.75, 3.05) is 20.2 Å². The molecule has 0 radical (unpaired) electrons. The second-order valence-electron chi connectivity index (χ2n) is 8.26. The molecule has 0 aromatic heterocycles. The van der Waals surface area contributed by atoms with E-state index in [0.29, 0.717) is 0 Å². The number of carbonyl (C=O) groups excluding carboxylic acids is 1. The summed E-state index contributed by atoms with van der Waals surface area (Å²) in [6, 6.07) is 14.1. The summed E-state index contributed by atoms with van der Waals surface area (Å²) >= 11 is 0. The molecule has 2 aromatic carbocycles. The number of fused-ring (bicyclic) bond motifs is 1. The second-order valence-corrected chi connectivity index (χ2v) is 8.26. The quantitative estimate of drug-likeness (QED) is 0.434. The van der Waals surface area contributed by atoms with Crippen molar-refractivity contribution in [1.82, 2.24) is 10.4 Å². The summed E-state index contributed by atoms with van der Waals surface area (Å²) in [5.41, 5.74) is 5.54. The molecule has 4 rings (SSSR count). The Labute approximate surface area is 182 Å². The van der Waals surface area contributed by atoms with Crippen LogP contribution in [0.25, 0.3) is 11.6 Å². The van der Waals surface area contributed by atoms with E-state index in [1.54, 1.807) is 18.7 Å². The van der Waals surface area contributed by atoms with Crippen LogP contribution in [0, 0.1) is 0 Å². The normalized spacial score (nSPS) is 17.9. The van der Waals surface area contributed by atoms with Crippen LogP contribution >= 0.6 is 0 Å². The molecule has 0 unspecified atom stereocenters. The molecule has 162 valence electrons. The largest absolute Gasteiger partial charge is 0.497 e. The average molecular weight is 421 g/mol. The van der Waals surface area contributed by atoms with Crippen molar-refractivity contribution in [3.8, 4) is 11.5 Å². The molecule has 2 aromatic rings.